The molecule has 0 saturated carbocycles. The Balaban J connectivity index is 2.24. The average Bonchev–Trinajstić information content (AvgIpc) is 2.90. The zero-order valence-corrected chi connectivity index (χ0v) is 11.3. The van der Waals surface area contributed by atoms with E-state index in [0.29, 0.717) is 11.4 Å². The molecule has 3 N–H and O–H groups in total. The lowest BCUT2D eigenvalue weighted by molar-refractivity contribution is 0.405. The van der Waals surface area contributed by atoms with Gasteiger partial charge in [0.1, 0.15) is 5.75 Å². The fourth-order valence-electron chi connectivity index (χ4n) is 1.70. The summed E-state index contributed by atoms with van der Waals surface area (Å²) < 4.78 is 9.13. The maximum absolute atomic E-state index is 5.99. The molecule has 0 aliphatic carbocycles. The van der Waals surface area contributed by atoms with E-state index < -0.39 is 0 Å². The lowest BCUT2D eigenvalue weighted by Gasteiger charge is -2.15. The third-order valence-electron chi connectivity index (χ3n) is 2.60. The molecular weight excluding hydrogens is 272 g/mol. The molecule has 0 amide bonds. The molecular formula is C11H13ClN4OS. The number of nitrogens with one attached hydrogen (secondary N) is 1. The average molecular weight is 285 g/mol. The summed E-state index contributed by atoms with van der Waals surface area (Å²) in [5.41, 5.74) is 4.51. The van der Waals surface area contributed by atoms with Crippen molar-refractivity contribution in [3.8, 4) is 5.75 Å². The maximum atomic E-state index is 5.99. The van der Waals surface area contributed by atoms with Crippen LogP contribution in [0, 0.1) is 0 Å². The number of nitrogens with zero attached hydrogens (tertiary/aromatic N) is 2. The van der Waals surface area contributed by atoms with Gasteiger partial charge >= 0.3 is 0 Å². The summed E-state index contributed by atoms with van der Waals surface area (Å²) in [5.74, 6) is 6.33. The first kappa shape index (κ1) is 13.2. The highest BCUT2D eigenvalue weighted by Gasteiger charge is 2.16. The quantitative estimate of drug-likeness (QED) is 0.648. The fraction of sp³-hybridized carbons (Fsp3) is 0.273. The van der Waals surface area contributed by atoms with E-state index in [4.69, 9.17) is 22.2 Å². The van der Waals surface area contributed by atoms with E-state index in [0.717, 1.165) is 17.0 Å². The van der Waals surface area contributed by atoms with E-state index >= 15 is 0 Å². The number of halogens is 1. The van der Waals surface area contributed by atoms with Crippen LogP contribution < -0.4 is 16.0 Å². The van der Waals surface area contributed by atoms with E-state index in [-0.39, 0.29) is 6.04 Å². The van der Waals surface area contributed by atoms with Crippen molar-refractivity contribution in [3.63, 3.8) is 0 Å². The van der Waals surface area contributed by atoms with Gasteiger partial charge in [-0.05, 0) is 41.7 Å². The highest BCUT2D eigenvalue weighted by molar-refractivity contribution is 7.03. The number of aromatic nitrogens is 2. The summed E-state index contributed by atoms with van der Waals surface area (Å²) in [6.07, 6.45) is 0.631. The summed E-state index contributed by atoms with van der Waals surface area (Å²) in [7, 11) is 1.63. The zero-order chi connectivity index (χ0) is 13.0. The highest BCUT2D eigenvalue weighted by atomic mass is 35.5. The molecule has 0 spiro atoms. The first-order chi connectivity index (χ1) is 8.74. The van der Waals surface area contributed by atoms with Crippen molar-refractivity contribution in [1.82, 2.24) is 15.0 Å². The van der Waals surface area contributed by atoms with Gasteiger partial charge in [0.2, 0.25) is 0 Å². The molecule has 0 aliphatic rings. The SMILES string of the molecule is COc1ccc(Cl)cc1CC(NN)c1csnn1. The van der Waals surface area contributed by atoms with Crippen LogP contribution in [0.25, 0.3) is 0 Å². The van der Waals surface area contributed by atoms with Gasteiger partial charge in [-0.1, -0.05) is 16.1 Å². The molecule has 0 radical (unpaired) electrons. The predicted molar refractivity (Wildman–Crippen MR) is 71.7 cm³/mol. The van der Waals surface area contributed by atoms with Crippen LogP contribution in [0.3, 0.4) is 0 Å². The number of benzene rings is 1. The fourth-order valence-corrected chi connectivity index (χ4v) is 2.40. The van der Waals surface area contributed by atoms with Crippen LogP contribution in [-0.4, -0.2) is 16.7 Å². The van der Waals surface area contributed by atoms with Gasteiger partial charge in [0.05, 0.1) is 18.8 Å². The van der Waals surface area contributed by atoms with Gasteiger partial charge in [-0.2, -0.15) is 0 Å². The molecule has 1 aromatic carbocycles. The Morgan fingerprint density at radius 2 is 2.39 bits per heavy atom. The van der Waals surface area contributed by atoms with Gasteiger partial charge in [-0.15, -0.1) is 5.10 Å². The molecule has 96 valence electrons. The molecule has 1 aromatic heterocycles. The van der Waals surface area contributed by atoms with Crippen LogP contribution in [0.15, 0.2) is 23.6 Å². The summed E-state index contributed by atoms with van der Waals surface area (Å²) in [6.45, 7) is 0. The zero-order valence-electron chi connectivity index (χ0n) is 9.76. The third kappa shape index (κ3) is 2.97. The standard InChI is InChI=1S/C11H13ClN4OS/c1-17-11-3-2-8(12)4-7(11)5-9(14-13)10-6-18-16-15-10/h2-4,6,9,14H,5,13H2,1H3. The van der Waals surface area contributed by atoms with Crippen LogP contribution in [-0.2, 0) is 6.42 Å². The summed E-state index contributed by atoms with van der Waals surface area (Å²) >= 11 is 7.29. The van der Waals surface area contributed by atoms with Crippen molar-refractivity contribution in [2.24, 2.45) is 5.84 Å². The number of ether oxygens (including phenoxy) is 1. The Kier molecular flexibility index (Phi) is 4.48. The van der Waals surface area contributed by atoms with E-state index in [1.807, 2.05) is 17.5 Å². The maximum Gasteiger partial charge on any atom is 0.122 e. The summed E-state index contributed by atoms with van der Waals surface area (Å²) in [6, 6.07) is 5.38. The molecule has 5 nitrogen and oxygen atoms in total. The summed E-state index contributed by atoms with van der Waals surface area (Å²) in [5, 5.41) is 6.54. The highest BCUT2D eigenvalue weighted by Crippen LogP contribution is 2.27. The van der Waals surface area contributed by atoms with Crippen LogP contribution in [0.1, 0.15) is 17.3 Å². The Labute approximate surface area is 114 Å². The van der Waals surface area contributed by atoms with Gasteiger partial charge in [0, 0.05) is 10.4 Å². The van der Waals surface area contributed by atoms with E-state index in [1.54, 1.807) is 13.2 Å². The van der Waals surface area contributed by atoms with Crippen LogP contribution >= 0.6 is 23.1 Å². The number of hydrogen-bond acceptors (Lipinski definition) is 6. The smallest absolute Gasteiger partial charge is 0.122 e. The normalized spacial score (nSPS) is 12.4. The van der Waals surface area contributed by atoms with Crippen molar-refractivity contribution >= 4 is 23.1 Å². The molecule has 0 saturated heterocycles. The van der Waals surface area contributed by atoms with E-state index in [2.05, 4.69) is 15.0 Å². The Bertz CT molecular complexity index is 506. The molecule has 18 heavy (non-hydrogen) atoms. The second-order valence-electron chi connectivity index (χ2n) is 3.71. The Morgan fingerprint density at radius 3 is 3.00 bits per heavy atom. The molecule has 2 aromatic rings. The number of rotatable bonds is 5. The van der Waals surface area contributed by atoms with Crippen molar-refractivity contribution in [3.05, 3.63) is 39.9 Å². The third-order valence-corrected chi connectivity index (χ3v) is 3.36. The Hall–Kier alpha value is -1.21. The first-order valence-corrected chi connectivity index (χ1v) is 6.51. The minimum atomic E-state index is -0.115. The molecule has 1 heterocycles. The van der Waals surface area contributed by atoms with Gasteiger partial charge in [0.25, 0.3) is 0 Å². The van der Waals surface area contributed by atoms with Crippen molar-refractivity contribution < 1.29 is 4.74 Å². The minimum Gasteiger partial charge on any atom is -0.496 e. The van der Waals surface area contributed by atoms with Crippen LogP contribution in [0.2, 0.25) is 5.02 Å². The molecule has 1 unspecified atom stereocenters. The lowest BCUT2D eigenvalue weighted by Crippen LogP contribution is -2.30. The topological polar surface area (TPSA) is 73.1 Å². The lowest BCUT2D eigenvalue weighted by atomic mass is 10.0. The largest absolute Gasteiger partial charge is 0.496 e. The van der Waals surface area contributed by atoms with Gasteiger partial charge < -0.3 is 4.74 Å². The van der Waals surface area contributed by atoms with Gasteiger partial charge in [0.15, 0.2) is 0 Å². The number of hydrogen-bond donors (Lipinski definition) is 2. The van der Waals surface area contributed by atoms with Gasteiger partial charge in [-0.3, -0.25) is 11.3 Å². The second kappa shape index (κ2) is 6.10. The Morgan fingerprint density at radius 1 is 1.56 bits per heavy atom. The second-order valence-corrected chi connectivity index (χ2v) is 4.76. The van der Waals surface area contributed by atoms with Crippen molar-refractivity contribution in [2.45, 2.75) is 12.5 Å². The van der Waals surface area contributed by atoms with E-state index in [1.165, 1.54) is 11.5 Å². The van der Waals surface area contributed by atoms with Crippen LogP contribution in [0.5, 0.6) is 5.75 Å². The molecule has 7 heteroatoms. The first-order valence-electron chi connectivity index (χ1n) is 5.30. The molecule has 0 aliphatic heterocycles. The molecule has 0 bridgehead atoms. The van der Waals surface area contributed by atoms with Crippen molar-refractivity contribution in [2.75, 3.05) is 7.11 Å². The van der Waals surface area contributed by atoms with E-state index in [9.17, 15) is 0 Å². The molecule has 0 fully saturated rings. The summed E-state index contributed by atoms with van der Waals surface area (Å²) in [4.78, 5) is 0. The molecule has 2 rings (SSSR count). The number of hydrazine groups is 1. The van der Waals surface area contributed by atoms with Crippen molar-refractivity contribution in [1.29, 1.82) is 0 Å². The monoisotopic (exact) mass is 284 g/mol. The number of nitrogens with two attached hydrogens (primary N) is 1. The van der Waals surface area contributed by atoms with Gasteiger partial charge in [-0.25, -0.2) is 0 Å². The molecule has 1 atom stereocenters. The predicted octanol–water partition coefficient (Wildman–Crippen LogP) is 1.95. The minimum absolute atomic E-state index is 0.115. The van der Waals surface area contributed by atoms with Crippen LogP contribution in [0.4, 0.5) is 0 Å². The number of methoxy groups -OCH3 is 1.